The molecule has 0 spiro atoms. The molecule has 2 heterocycles. The zero-order valence-corrected chi connectivity index (χ0v) is 17.4. The summed E-state index contributed by atoms with van der Waals surface area (Å²) in [6, 6.07) is 19.9. The number of ether oxygens (including phenoxy) is 1. The first-order chi connectivity index (χ1) is 14.6. The Balaban J connectivity index is 1.60. The van der Waals surface area contributed by atoms with Crippen LogP contribution >= 0.6 is 0 Å². The summed E-state index contributed by atoms with van der Waals surface area (Å²) in [6.07, 6.45) is 1.26. The first-order valence-corrected chi connectivity index (χ1v) is 10.4. The van der Waals surface area contributed by atoms with Gasteiger partial charge in [-0.05, 0) is 43.5 Å². The van der Waals surface area contributed by atoms with Gasteiger partial charge in [0.1, 0.15) is 0 Å². The van der Waals surface area contributed by atoms with E-state index in [1.807, 2.05) is 66.4 Å². The summed E-state index contributed by atoms with van der Waals surface area (Å²) >= 11 is 0. The second-order valence-corrected chi connectivity index (χ2v) is 7.44. The molecule has 1 aliphatic heterocycles. The van der Waals surface area contributed by atoms with E-state index in [4.69, 9.17) is 4.74 Å². The summed E-state index contributed by atoms with van der Waals surface area (Å²) < 4.78 is 7.29. The van der Waals surface area contributed by atoms with E-state index in [0.29, 0.717) is 25.1 Å². The van der Waals surface area contributed by atoms with Crippen molar-refractivity contribution in [3.63, 3.8) is 0 Å². The lowest BCUT2D eigenvalue weighted by atomic mass is 10.1. The fourth-order valence-electron chi connectivity index (χ4n) is 4.14. The van der Waals surface area contributed by atoms with Crippen LogP contribution in [-0.2, 0) is 22.5 Å². The van der Waals surface area contributed by atoms with Gasteiger partial charge in [0, 0.05) is 36.6 Å². The molecule has 0 atom stereocenters. The molecule has 1 amide bonds. The molecule has 0 saturated carbocycles. The average molecular weight is 402 g/mol. The number of carbonyl (C=O) groups is 2. The van der Waals surface area contributed by atoms with Crippen LogP contribution in [0.3, 0.4) is 0 Å². The molecule has 0 aliphatic carbocycles. The van der Waals surface area contributed by atoms with Crippen LogP contribution in [0.5, 0.6) is 0 Å². The average Bonchev–Trinajstić information content (AvgIpc) is 3.34. The van der Waals surface area contributed by atoms with E-state index in [1.165, 1.54) is 5.56 Å². The van der Waals surface area contributed by atoms with Crippen molar-refractivity contribution in [3.8, 4) is 11.3 Å². The van der Waals surface area contributed by atoms with Gasteiger partial charge in [0.2, 0.25) is 5.91 Å². The number of hydrogen-bond acceptors (Lipinski definition) is 3. The Labute approximate surface area is 176 Å². The number of benzene rings is 2. The molecule has 1 aliphatic rings. The zero-order chi connectivity index (χ0) is 21.1. The highest BCUT2D eigenvalue weighted by Gasteiger charge is 2.25. The Morgan fingerprint density at radius 3 is 2.53 bits per heavy atom. The van der Waals surface area contributed by atoms with Gasteiger partial charge in [0.15, 0.2) is 0 Å². The van der Waals surface area contributed by atoms with Gasteiger partial charge in [-0.1, -0.05) is 48.5 Å². The van der Waals surface area contributed by atoms with Gasteiger partial charge in [-0.25, -0.2) is 4.79 Å². The number of aromatic nitrogens is 1. The molecule has 3 aromatic rings. The molecular weight excluding hydrogens is 376 g/mol. The Bertz CT molecular complexity index is 1070. The normalized spacial score (nSPS) is 12.7. The number of esters is 1. The van der Waals surface area contributed by atoms with Gasteiger partial charge < -0.3 is 14.2 Å². The summed E-state index contributed by atoms with van der Waals surface area (Å²) in [5, 5.41) is 0. The smallest absolute Gasteiger partial charge is 0.339 e. The Morgan fingerprint density at radius 2 is 1.77 bits per heavy atom. The molecule has 4 rings (SSSR count). The molecule has 154 valence electrons. The van der Waals surface area contributed by atoms with Gasteiger partial charge in [0.25, 0.3) is 0 Å². The monoisotopic (exact) mass is 402 g/mol. The van der Waals surface area contributed by atoms with Crippen molar-refractivity contribution in [3.05, 3.63) is 77.5 Å². The standard InChI is InChI=1S/C25H26N2O3/c1-3-30-25(29)21-17-23(19-9-5-4-6-10-19)26(18(21)2)16-14-24(28)27-15-13-20-11-7-8-12-22(20)27/h4-12,17H,3,13-16H2,1-2H3. The second-order valence-electron chi connectivity index (χ2n) is 7.44. The van der Waals surface area contributed by atoms with Gasteiger partial charge in [0.05, 0.1) is 12.2 Å². The highest BCUT2D eigenvalue weighted by molar-refractivity contribution is 5.95. The molecule has 5 heteroatoms. The zero-order valence-electron chi connectivity index (χ0n) is 17.4. The number of carbonyl (C=O) groups excluding carboxylic acids is 2. The number of rotatable bonds is 6. The van der Waals surface area contributed by atoms with Gasteiger partial charge in [-0.3, -0.25) is 4.79 Å². The minimum atomic E-state index is -0.328. The van der Waals surface area contributed by atoms with Gasteiger partial charge in [-0.2, -0.15) is 0 Å². The SMILES string of the molecule is CCOC(=O)c1cc(-c2ccccc2)n(CCC(=O)N2CCc3ccccc32)c1C. The van der Waals surface area contributed by atoms with E-state index < -0.39 is 0 Å². The maximum atomic E-state index is 13.0. The first-order valence-electron chi connectivity index (χ1n) is 10.4. The fourth-order valence-corrected chi connectivity index (χ4v) is 4.14. The lowest BCUT2D eigenvalue weighted by molar-refractivity contribution is -0.118. The Morgan fingerprint density at radius 1 is 1.03 bits per heavy atom. The summed E-state index contributed by atoms with van der Waals surface area (Å²) in [5.41, 5.74) is 5.54. The number of amides is 1. The molecule has 0 N–H and O–H groups in total. The summed E-state index contributed by atoms with van der Waals surface area (Å²) in [4.78, 5) is 27.3. The maximum Gasteiger partial charge on any atom is 0.339 e. The van der Waals surface area contributed by atoms with Crippen molar-refractivity contribution in [2.75, 3.05) is 18.1 Å². The van der Waals surface area contributed by atoms with Crippen LogP contribution in [-0.4, -0.2) is 29.6 Å². The van der Waals surface area contributed by atoms with Gasteiger partial charge >= 0.3 is 5.97 Å². The fraction of sp³-hybridized carbons (Fsp3) is 0.280. The van der Waals surface area contributed by atoms with E-state index in [0.717, 1.165) is 35.6 Å². The predicted molar refractivity (Wildman–Crippen MR) is 118 cm³/mol. The largest absolute Gasteiger partial charge is 0.462 e. The van der Waals surface area contributed by atoms with E-state index >= 15 is 0 Å². The molecular formula is C25H26N2O3. The summed E-state index contributed by atoms with van der Waals surface area (Å²) in [7, 11) is 0. The van der Waals surface area contributed by atoms with Crippen LogP contribution in [0.25, 0.3) is 11.3 Å². The number of anilines is 1. The minimum absolute atomic E-state index is 0.102. The van der Waals surface area contributed by atoms with Crippen LogP contribution in [0.2, 0.25) is 0 Å². The third kappa shape index (κ3) is 3.75. The molecule has 0 fully saturated rings. The highest BCUT2D eigenvalue weighted by atomic mass is 16.5. The van der Waals surface area contributed by atoms with Crippen LogP contribution in [0.1, 0.15) is 35.0 Å². The third-order valence-corrected chi connectivity index (χ3v) is 5.67. The minimum Gasteiger partial charge on any atom is -0.462 e. The Kier molecular flexibility index (Phi) is 5.70. The number of para-hydroxylation sites is 1. The molecule has 0 saturated heterocycles. The topological polar surface area (TPSA) is 51.5 Å². The summed E-state index contributed by atoms with van der Waals surface area (Å²) in [5.74, 6) is -0.226. The van der Waals surface area contributed by atoms with Crippen LogP contribution in [0.15, 0.2) is 60.7 Å². The molecule has 2 aromatic carbocycles. The van der Waals surface area contributed by atoms with Crippen LogP contribution in [0, 0.1) is 6.92 Å². The van der Waals surface area contributed by atoms with Gasteiger partial charge in [-0.15, -0.1) is 0 Å². The molecule has 1 aromatic heterocycles. The number of nitrogens with zero attached hydrogens (tertiary/aromatic N) is 2. The summed E-state index contributed by atoms with van der Waals surface area (Å²) in [6.45, 7) is 5.27. The Hall–Kier alpha value is -3.34. The molecule has 0 radical (unpaired) electrons. The maximum absolute atomic E-state index is 13.0. The number of fused-ring (bicyclic) bond motifs is 1. The quantitative estimate of drug-likeness (QED) is 0.566. The molecule has 0 unspecified atom stereocenters. The van der Waals surface area contributed by atoms with Crippen molar-refractivity contribution in [1.82, 2.24) is 4.57 Å². The first kappa shape index (κ1) is 20.0. The molecule has 0 bridgehead atoms. The van der Waals surface area contributed by atoms with E-state index in [-0.39, 0.29) is 11.9 Å². The molecule has 5 nitrogen and oxygen atoms in total. The lowest BCUT2D eigenvalue weighted by Crippen LogP contribution is -2.29. The van der Waals surface area contributed by atoms with Crippen molar-refractivity contribution in [2.24, 2.45) is 0 Å². The number of hydrogen-bond donors (Lipinski definition) is 0. The van der Waals surface area contributed by atoms with Crippen molar-refractivity contribution >= 4 is 17.6 Å². The second kappa shape index (κ2) is 8.57. The third-order valence-electron chi connectivity index (χ3n) is 5.67. The van der Waals surface area contributed by atoms with E-state index in [9.17, 15) is 9.59 Å². The highest BCUT2D eigenvalue weighted by Crippen LogP contribution is 2.30. The van der Waals surface area contributed by atoms with Crippen molar-refractivity contribution in [1.29, 1.82) is 0 Å². The van der Waals surface area contributed by atoms with Crippen LogP contribution in [0.4, 0.5) is 5.69 Å². The van der Waals surface area contributed by atoms with Crippen molar-refractivity contribution in [2.45, 2.75) is 33.2 Å². The van der Waals surface area contributed by atoms with E-state index in [1.54, 1.807) is 6.92 Å². The van der Waals surface area contributed by atoms with Crippen molar-refractivity contribution < 1.29 is 14.3 Å². The molecule has 30 heavy (non-hydrogen) atoms. The van der Waals surface area contributed by atoms with E-state index in [2.05, 4.69) is 10.6 Å². The lowest BCUT2D eigenvalue weighted by Gasteiger charge is -2.19. The van der Waals surface area contributed by atoms with Crippen LogP contribution < -0.4 is 4.90 Å². The predicted octanol–water partition coefficient (Wildman–Crippen LogP) is 4.62.